The monoisotopic (exact) mass is 478 g/mol. The van der Waals surface area contributed by atoms with Gasteiger partial charge in [-0.1, -0.05) is 57.9 Å². The molecular formula is C24H16BrClN2O2. The van der Waals surface area contributed by atoms with Crippen LogP contribution in [0.5, 0.6) is 0 Å². The Hall–Kier alpha value is -3.15. The van der Waals surface area contributed by atoms with E-state index in [0.29, 0.717) is 27.5 Å². The second-order valence-electron chi connectivity index (χ2n) is 6.64. The molecule has 4 rings (SSSR count). The van der Waals surface area contributed by atoms with E-state index in [1.807, 2.05) is 30.3 Å². The first-order chi connectivity index (χ1) is 14.5. The van der Waals surface area contributed by atoms with Crippen LogP contribution >= 0.6 is 27.5 Å². The van der Waals surface area contributed by atoms with Crippen molar-refractivity contribution in [2.75, 3.05) is 10.6 Å². The van der Waals surface area contributed by atoms with E-state index in [1.165, 1.54) is 0 Å². The predicted octanol–water partition coefficient (Wildman–Crippen LogP) is 6.76. The van der Waals surface area contributed by atoms with Crippen molar-refractivity contribution in [1.29, 1.82) is 0 Å². The summed E-state index contributed by atoms with van der Waals surface area (Å²) in [6.45, 7) is 0. The minimum absolute atomic E-state index is 0.200. The first kappa shape index (κ1) is 20.1. The molecule has 2 amide bonds. The number of hydrogen-bond acceptors (Lipinski definition) is 2. The number of fused-ring (bicyclic) bond motifs is 1. The fourth-order valence-electron chi connectivity index (χ4n) is 3.14. The van der Waals surface area contributed by atoms with Gasteiger partial charge < -0.3 is 10.6 Å². The van der Waals surface area contributed by atoms with Gasteiger partial charge in [-0.2, -0.15) is 0 Å². The molecule has 0 aliphatic carbocycles. The minimum Gasteiger partial charge on any atom is -0.322 e. The highest BCUT2D eigenvalue weighted by atomic mass is 79.9. The maximum atomic E-state index is 12.8. The molecule has 0 fully saturated rings. The summed E-state index contributed by atoms with van der Waals surface area (Å²) in [6.07, 6.45) is 0. The number of anilines is 2. The third kappa shape index (κ3) is 4.37. The zero-order valence-corrected chi connectivity index (χ0v) is 18.0. The molecule has 0 atom stereocenters. The van der Waals surface area contributed by atoms with Crippen molar-refractivity contribution in [3.8, 4) is 0 Å². The average molecular weight is 480 g/mol. The smallest absolute Gasteiger partial charge is 0.256 e. The molecule has 0 aliphatic heterocycles. The molecule has 0 aliphatic rings. The van der Waals surface area contributed by atoms with E-state index in [1.54, 1.807) is 54.6 Å². The molecule has 0 saturated carbocycles. The molecule has 2 N–H and O–H groups in total. The molecule has 0 spiro atoms. The van der Waals surface area contributed by atoms with Gasteiger partial charge in [-0.15, -0.1) is 0 Å². The Bertz CT molecular complexity index is 1260. The van der Waals surface area contributed by atoms with Crippen molar-refractivity contribution in [3.63, 3.8) is 0 Å². The van der Waals surface area contributed by atoms with Crippen LogP contribution in [0.2, 0.25) is 5.02 Å². The molecule has 0 heterocycles. The Balaban J connectivity index is 1.48. The molecule has 0 aromatic heterocycles. The van der Waals surface area contributed by atoms with Crippen LogP contribution in [-0.2, 0) is 0 Å². The third-order valence-electron chi connectivity index (χ3n) is 4.60. The minimum atomic E-state index is -0.254. The van der Waals surface area contributed by atoms with Crippen LogP contribution in [0.3, 0.4) is 0 Å². The first-order valence-corrected chi connectivity index (χ1v) is 10.3. The molecule has 0 unspecified atom stereocenters. The summed E-state index contributed by atoms with van der Waals surface area (Å²) < 4.78 is 0.939. The summed E-state index contributed by atoms with van der Waals surface area (Å²) in [4.78, 5) is 25.1. The van der Waals surface area contributed by atoms with Gasteiger partial charge in [0.15, 0.2) is 0 Å². The average Bonchev–Trinajstić information content (AvgIpc) is 2.75. The summed E-state index contributed by atoms with van der Waals surface area (Å²) in [5.41, 5.74) is 2.31. The van der Waals surface area contributed by atoms with E-state index in [2.05, 4.69) is 26.6 Å². The quantitative estimate of drug-likeness (QED) is 0.340. The molecule has 0 bridgehead atoms. The number of nitrogens with one attached hydrogen (secondary N) is 2. The number of amides is 2. The lowest BCUT2D eigenvalue weighted by Gasteiger charge is -2.10. The summed E-state index contributed by atoms with van der Waals surface area (Å²) in [6, 6.07) is 25.1. The highest BCUT2D eigenvalue weighted by Crippen LogP contribution is 2.27. The van der Waals surface area contributed by atoms with Crippen LogP contribution in [0.4, 0.5) is 11.4 Å². The van der Waals surface area contributed by atoms with Crippen LogP contribution in [0.1, 0.15) is 20.7 Å². The Kier molecular flexibility index (Phi) is 5.84. The first-order valence-electron chi connectivity index (χ1n) is 9.17. The molecule has 4 aromatic rings. The number of hydrogen-bond donors (Lipinski definition) is 2. The van der Waals surface area contributed by atoms with Gasteiger partial charge in [-0.3, -0.25) is 9.59 Å². The number of carbonyl (C=O) groups is 2. The number of halogens is 2. The molecule has 6 heteroatoms. The molecule has 0 saturated heterocycles. The predicted molar refractivity (Wildman–Crippen MR) is 125 cm³/mol. The number of carbonyl (C=O) groups excluding carboxylic acids is 2. The molecule has 148 valence electrons. The van der Waals surface area contributed by atoms with E-state index in [4.69, 9.17) is 11.6 Å². The maximum absolute atomic E-state index is 12.8. The van der Waals surface area contributed by atoms with Gasteiger partial charge in [0.05, 0.1) is 0 Å². The van der Waals surface area contributed by atoms with Gasteiger partial charge >= 0.3 is 0 Å². The van der Waals surface area contributed by atoms with E-state index < -0.39 is 0 Å². The molecule has 30 heavy (non-hydrogen) atoms. The lowest BCUT2D eigenvalue weighted by Crippen LogP contribution is -2.13. The fraction of sp³-hybridized carbons (Fsp3) is 0. The van der Waals surface area contributed by atoms with Gasteiger partial charge in [0.1, 0.15) is 0 Å². The zero-order valence-electron chi connectivity index (χ0n) is 15.7. The van der Waals surface area contributed by atoms with Crippen LogP contribution in [0.15, 0.2) is 89.4 Å². The summed E-state index contributed by atoms with van der Waals surface area (Å²) >= 11 is 9.46. The van der Waals surface area contributed by atoms with E-state index in [-0.39, 0.29) is 11.8 Å². The Labute approximate surface area is 187 Å². The molecule has 4 nitrogen and oxygen atoms in total. The summed E-state index contributed by atoms with van der Waals surface area (Å²) in [5, 5.41) is 8.07. The van der Waals surface area contributed by atoms with Gasteiger partial charge in [0.25, 0.3) is 11.8 Å². The molecule has 4 aromatic carbocycles. The lowest BCUT2D eigenvalue weighted by atomic mass is 10.0. The Morgan fingerprint density at radius 2 is 1.30 bits per heavy atom. The molecular weight excluding hydrogens is 464 g/mol. The van der Waals surface area contributed by atoms with Gasteiger partial charge in [-0.05, 0) is 65.4 Å². The second kappa shape index (κ2) is 8.69. The zero-order chi connectivity index (χ0) is 21.1. The van der Waals surface area contributed by atoms with Gasteiger partial charge in [-0.25, -0.2) is 0 Å². The summed E-state index contributed by atoms with van der Waals surface area (Å²) in [7, 11) is 0. The van der Waals surface area contributed by atoms with Crippen molar-refractivity contribution < 1.29 is 9.59 Å². The van der Waals surface area contributed by atoms with Crippen LogP contribution in [0.25, 0.3) is 10.8 Å². The van der Waals surface area contributed by atoms with Crippen LogP contribution in [0, 0.1) is 0 Å². The van der Waals surface area contributed by atoms with E-state index >= 15 is 0 Å². The Morgan fingerprint density at radius 3 is 2.00 bits per heavy atom. The summed E-state index contributed by atoms with van der Waals surface area (Å²) in [5.74, 6) is -0.454. The fourth-order valence-corrected chi connectivity index (χ4v) is 3.83. The van der Waals surface area contributed by atoms with Gasteiger partial charge in [0, 0.05) is 32.0 Å². The van der Waals surface area contributed by atoms with Gasteiger partial charge in [0.2, 0.25) is 0 Å². The topological polar surface area (TPSA) is 58.2 Å². The molecule has 0 radical (unpaired) electrons. The third-order valence-corrected chi connectivity index (χ3v) is 5.53. The SMILES string of the molecule is O=C(Nc1ccc(NC(=O)c2cccc3c(Br)cccc23)cc1)c1cccc(Cl)c1. The lowest BCUT2D eigenvalue weighted by molar-refractivity contribution is 0.101. The normalized spacial score (nSPS) is 10.6. The van der Waals surface area contributed by atoms with E-state index in [9.17, 15) is 9.59 Å². The second-order valence-corrected chi connectivity index (χ2v) is 7.93. The van der Waals surface area contributed by atoms with Crippen molar-refractivity contribution in [3.05, 3.63) is 106 Å². The van der Waals surface area contributed by atoms with Crippen molar-refractivity contribution in [2.24, 2.45) is 0 Å². The Morgan fingerprint density at radius 1 is 0.700 bits per heavy atom. The highest BCUT2D eigenvalue weighted by Gasteiger charge is 2.12. The standard InChI is InChI=1S/C24H16BrClN2O2/c25-22-9-3-6-19-20(22)7-2-8-21(19)24(30)28-18-12-10-17(11-13-18)27-23(29)15-4-1-5-16(26)14-15/h1-14H,(H,27,29)(H,28,30). The number of rotatable bonds is 4. The van der Waals surface area contributed by atoms with Crippen molar-refractivity contribution >= 4 is 61.5 Å². The van der Waals surface area contributed by atoms with Crippen LogP contribution in [-0.4, -0.2) is 11.8 Å². The number of benzene rings is 4. The highest BCUT2D eigenvalue weighted by molar-refractivity contribution is 9.10. The van der Waals surface area contributed by atoms with Crippen LogP contribution < -0.4 is 10.6 Å². The van der Waals surface area contributed by atoms with Crippen molar-refractivity contribution in [1.82, 2.24) is 0 Å². The van der Waals surface area contributed by atoms with Crippen molar-refractivity contribution in [2.45, 2.75) is 0 Å². The van der Waals surface area contributed by atoms with E-state index in [0.717, 1.165) is 15.2 Å². The maximum Gasteiger partial charge on any atom is 0.256 e. The largest absolute Gasteiger partial charge is 0.322 e.